The second-order valence-corrected chi connectivity index (χ2v) is 21.4. The molecule has 3 aromatic heterocycles. The Morgan fingerprint density at radius 1 is 0.926 bits per heavy atom. The van der Waals surface area contributed by atoms with Gasteiger partial charge in [-0.3, -0.25) is 4.79 Å². The number of benzene rings is 3. The van der Waals surface area contributed by atoms with E-state index in [4.69, 9.17) is 24.2 Å². The molecular weight excluding hydrogens is 883 g/mol. The summed E-state index contributed by atoms with van der Waals surface area (Å²) in [4.78, 5) is 41.1. The molecule has 1 aliphatic carbocycles. The van der Waals surface area contributed by atoms with Gasteiger partial charge >= 0.3 is 6.09 Å². The Morgan fingerprint density at radius 3 is 2.37 bits per heavy atom. The Bertz CT molecular complexity index is 2970. The molecule has 68 heavy (non-hydrogen) atoms. The van der Waals surface area contributed by atoms with E-state index in [1.807, 2.05) is 50.2 Å². The molecule has 10 rings (SSSR count). The SMILES string of the molecule is Cc1ccc(S(=O)(=O)n2ccc3c(-c4ccc5nc(N6CCC(CN7CCC(C)(NC(=O)O)CC7)CC6)nc(C(COC6CCCCO6)(OC6CC6)c6ccccc6)c5c4)cn(C)c(=O)c32)cc1. The molecule has 358 valence electrons. The first-order valence-electron chi connectivity index (χ1n) is 24.1. The summed E-state index contributed by atoms with van der Waals surface area (Å²) in [5.74, 6) is 1.10. The predicted octanol–water partition coefficient (Wildman–Crippen LogP) is 7.80. The Labute approximate surface area is 397 Å². The number of anilines is 1. The van der Waals surface area contributed by atoms with Crippen molar-refractivity contribution in [2.24, 2.45) is 13.0 Å². The number of likely N-dealkylation sites (tertiary alicyclic amines) is 1. The van der Waals surface area contributed by atoms with Gasteiger partial charge in [0.25, 0.3) is 15.6 Å². The van der Waals surface area contributed by atoms with Crippen molar-refractivity contribution in [1.29, 1.82) is 0 Å². The van der Waals surface area contributed by atoms with Crippen LogP contribution in [0, 0.1) is 12.8 Å². The molecule has 3 aromatic carbocycles. The normalized spacial score (nSPS) is 20.4. The number of fused-ring (bicyclic) bond motifs is 2. The van der Waals surface area contributed by atoms with Gasteiger partial charge in [0.15, 0.2) is 11.9 Å². The minimum absolute atomic E-state index is 0.00967. The van der Waals surface area contributed by atoms with Gasteiger partial charge < -0.3 is 39.0 Å². The lowest BCUT2D eigenvalue weighted by Crippen LogP contribution is -2.53. The molecule has 2 N–H and O–H groups in total. The number of hydrogen-bond acceptors (Lipinski definition) is 11. The molecule has 6 aromatic rings. The lowest BCUT2D eigenvalue weighted by Gasteiger charge is -2.41. The van der Waals surface area contributed by atoms with Crippen molar-refractivity contribution in [2.45, 2.75) is 100 Å². The number of amides is 1. The van der Waals surface area contributed by atoms with Gasteiger partial charge in [0.2, 0.25) is 5.95 Å². The van der Waals surface area contributed by atoms with Crippen LogP contribution < -0.4 is 15.8 Å². The fourth-order valence-corrected chi connectivity index (χ4v) is 11.6. The second-order valence-electron chi connectivity index (χ2n) is 19.6. The first-order chi connectivity index (χ1) is 32.8. The molecule has 0 radical (unpaired) electrons. The summed E-state index contributed by atoms with van der Waals surface area (Å²) in [6.45, 7) is 8.90. The third-order valence-electron chi connectivity index (χ3n) is 14.5. The lowest BCUT2D eigenvalue weighted by atomic mass is 9.87. The van der Waals surface area contributed by atoms with Gasteiger partial charge in [0.1, 0.15) is 5.52 Å². The molecule has 3 saturated heterocycles. The van der Waals surface area contributed by atoms with Gasteiger partial charge in [0, 0.05) is 80.6 Å². The zero-order valence-corrected chi connectivity index (χ0v) is 39.9. The predicted molar refractivity (Wildman–Crippen MR) is 261 cm³/mol. The number of aromatic nitrogens is 4. The number of carboxylic acid groups (broad SMARTS) is 1. The van der Waals surface area contributed by atoms with Crippen LogP contribution in [-0.2, 0) is 36.9 Å². The van der Waals surface area contributed by atoms with Crippen molar-refractivity contribution in [3.05, 3.63) is 118 Å². The molecule has 3 aliphatic heterocycles. The minimum Gasteiger partial charge on any atom is -0.465 e. The van der Waals surface area contributed by atoms with Gasteiger partial charge in [-0.15, -0.1) is 0 Å². The number of nitrogens with one attached hydrogen (secondary N) is 1. The average Bonchev–Trinajstić information content (AvgIpc) is 4.05. The molecule has 1 saturated carbocycles. The topological polar surface area (TPSA) is 170 Å². The van der Waals surface area contributed by atoms with E-state index in [2.05, 4.69) is 27.2 Å². The molecule has 4 fully saturated rings. The number of pyridine rings is 1. The first kappa shape index (κ1) is 46.1. The van der Waals surface area contributed by atoms with E-state index in [0.717, 1.165) is 122 Å². The molecule has 2 atom stereocenters. The largest absolute Gasteiger partial charge is 0.465 e. The van der Waals surface area contributed by atoms with E-state index in [1.54, 1.807) is 43.6 Å². The maximum Gasteiger partial charge on any atom is 0.405 e. The van der Waals surface area contributed by atoms with Gasteiger partial charge in [-0.1, -0.05) is 54.1 Å². The van der Waals surface area contributed by atoms with Gasteiger partial charge in [-0.25, -0.2) is 27.2 Å². The lowest BCUT2D eigenvalue weighted by molar-refractivity contribution is -0.197. The molecule has 0 bridgehead atoms. The number of carbonyl (C=O) groups is 1. The fourth-order valence-electron chi connectivity index (χ4n) is 10.3. The summed E-state index contributed by atoms with van der Waals surface area (Å²) < 4.78 is 51.0. The number of rotatable bonds is 14. The van der Waals surface area contributed by atoms with E-state index < -0.39 is 39.1 Å². The molecule has 6 heterocycles. The van der Waals surface area contributed by atoms with Crippen molar-refractivity contribution < 1.29 is 32.5 Å². The van der Waals surface area contributed by atoms with E-state index in [9.17, 15) is 23.1 Å². The first-order valence-corrected chi connectivity index (χ1v) is 25.5. The smallest absolute Gasteiger partial charge is 0.405 e. The maximum absolute atomic E-state index is 14.1. The maximum atomic E-state index is 14.1. The zero-order chi connectivity index (χ0) is 47.2. The van der Waals surface area contributed by atoms with Crippen LogP contribution in [0.4, 0.5) is 10.7 Å². The fraction of sp³-hybridized carbons (Fsp3) is 0.462. The standard InChI is InChI=1S/C52H61N7O8S/c1-35-12-17-40(18-13-35)68(63,64)59-27-22-41-43(33-56(3)48(60)46(41)59)37-14-19-44-42(31-37)47(52(67-39-15-16-39,38-9-5-4-6-10-38)34-66-45-11-7-8-30-65-45)54-49(53-44)58-25-20-36(21-26-58)32-57-28-23-51(2,24-29-57)55-50(61)62/h4-6,9-10,12-14,17-19,22,27,31,33,36,39,45,55H,7-8,11,15-16,20-21,23-26,28-30,32,34H2,1-3H3,(H,61,62). The van der Waals surface area contributed by atoms with Crippen molar-refractivity contribution in [1.82, 2.24) is 28.7 Å². The van der Waals surface area contributed by atoms with Crippen molar-refractivity contribution >= 4 is 43.9 Å². The highest BCUT2D eigenvalue weighted by Crippen LogP contribution is 2.44. The van der Waals surface area contributed by atoms with Crippen LogP contribution >= 0.6 is 0 Å². The van der Waals surface area contributed by atoms with Crippen LogP contribution in [-0.4, -0.2) is 107 Å². The van der Waals surface area contributed by atoms with Crippen LogP contribution in [0.15, 0.2) is 101 Å². The number of nitrogens with zero attached hydrogens (tertiary/aromatic N) is 6. The van der Waals surface area contributed by atoms with Gasteiger partial charge in [-0.2, -0.15) is 0 Å². The third kappa shape index (κ3) is 9.28. The van der Waals surface area contributed by atoms with Crippen molar-refractivity contribution in [3.8, 4) is 11.1 Å². The van der Waals surface area contributed by atoms with E-state index in [-0.39, 0.29) is 23.1 Å². The molecule has 16 heteroatoms. The molecule has 0 spiro atoms. The molecule has 2 unspecified atom stereocenters. The summed E-state index contributed by atoms with van der Waals surface area (Å²) in [5.41, 5.74) is 2.71. The summed E-state index contributed by atoms with van der Waals surface area (Å²) in [7, 11) is -2.47. The quantitative estimate of drug-likeness (QED) is 0.109. The second kappa shape index (κ2) is 18.7. The van der Waals surface area contributed by atoms with Crippen LogP contribution in [0.1, 0.15) is 81.5 Å². The van der Waals surface area contributed by atoms with E-state index in [0.29, 0.717) is 35.1 Å². The van der Waals surface area contributed by atoms with E-state index in [1.165, 1.54) is 10.8 Å². The number of aryl methyl sites for hydroxylation is 2. The van der Waals surface area contributed by atoms with Crippen LogP contribution in [0.2, 0.25) is 0 Å². The number of ether oxygens (including phenoxy) is 3. The van der Waals surface area contributed by atoms with Gasteiger partial charge in [-0.05, 0) is 119 Å². The summed E-state index contributed by atoms with van der Waals surface area (Å²) >= 11 is 0. The van der Waals surface area contributed by atoms with Crippen molar-refractivity contribution in [3.63, 3.8) is 0 Å². The molecule has 4 aliphatic rings. The summed E-state index contributed by atoms with van der Waals surface area (Å²) in [6.07, 6.45) is 9.95. The highest BCUT2D eigenvalue weighted by Gasteiger charge is 2.45. The summed E-state index contributed by atoms with van der Waals surface area (Å²) in [5, 5.41) is 13.3. The van der Waals surface area contributed by atoms with Crippen LogP contribution in [0.5, 0.6) is 0 Å². The summed E-state index contributed by atoms with van der Waals surface area (Å²) in [6, 6.07) is 24.5. The Kier molecular flexibility index (Phi) is 12.7. The molecular formula is C52H61N7O8S. The van der Waals surface area contributed by atoms with Gasteiger partial charge in [0.05, 0.1) is 28.8 Å². The Hall–Kier alpha value is -5.65. The zero-order valence-electron chi connectivity index (χ0n) is 39.1. The van der Waals surface area contributed by atoms with E-state index >= 15 is 0 Å². The molecule has 1 amide bonds. The monoisotopic (exact) mass is 943 g/mol. The average molecular weight is 944 g/mol. The number of hydrogen-bond donors (Lipinski definition) is 2. The minimum atomic E-state index is -4.11. The van der Waals surface area contributed by atoms with Crippen LogP contribution in [0.25, 0.3) is 32.9 Å². The third-order valence-corrected chi connectivity index (χ3v) is 16.2. The Balaban J connectivity index is 1.06. The highest BCUT2D eigenvalue weighted by molar-refractivity contribution is 7.90. The number of piperidine rings is 2. The molecule has 15 nitrogen and oxygen atoms in total. The van der Waals surface area contributed by atoms with Crippen molar-refractivity contribution in [2.75, 3.05) is 50.8 Å². The Morgan fingerprint density at radius 2 is 1.68 bits per heavy atom. The highest BCUT2D eigenvalue weighted by atomic mass is 32.2. The van der Waals surface area contributed by atoms with Crippen LogP contribution in [0.3, 0.4) is 0 Å².